The summed E-state index contributed by atoms with van der Waals surface area (Å²) in [5.41, 5.74) is 2.77. The molecule has 9 heteroatoms. The minimum Gasteiger partial charge on any atom is -0.330 e. The second-order valence-electron chi connectivity index (χ2n) is 8.92. The van der Waals surface area contributed by atoms with Gasteiger partial charge in [0.1, 0.15) is 5.84 Å². The molecule has 3 heterocycles. The van der Waals surface area contributed by atoms with Crippen LogP contribution in [0, 0.1) is 11.8 Å². The molecular weight excluding hydrogens is 419 g/mol. The maximum absolute atomic E-state index is 13.2. The van der Waals surface area contributed by atoms with Crippen molar-refractivity contribution < 1.29 is 18.0 Å². The molecule has 2 N–H and O–H groups in total. The van der Waals surface area contributed by atoms with Gasteiger partial charge in [0.25, 0.3) is 0 Å². The Kier molecular flexibility index (Phi) is 5.87. The van der Waals surface area contributed by atoms with E-state index in [1.165, 1.54) is 6.07 Å². The number of likely N-dealkylation sites (N-methyl/N-ethyl adjacent to an activating group) is 1. The van der Waals surface area contributed by atoms with Crippen molar-refractivity contribution in [3.63, 3.8) is 0 Å². The van der Waals surface area contributed by atoms with Crippen LogP contribution in [0.15, 0.2) is 46.0 Å². The first-order valence-corrected chi connectivity index (χ1v) is 10.9. The third kappa shape index (κ3) is 4.05. The van der Waals surface area contributed by atoms with Gasteiger partial charge in [-0.2, -0.15) is 18.3 Å². The maximum atomic E-state index is 13.2. The van der Waals surface area contributed by atoms with Gasteiger partial charge in [-0.1, -0.05) is 18.2 Å². The smallest absolute Gasteiger partial charge is 0.330 e. The Hall–Kier alpha value is -2.68. The second kappa shape index (κ2) is 8.35. The van der Waals surface area contributed by atoms with Crippen molar-refractivity contribution >= 4 is 18.0 Å². The van der Waals surface area contributed by atoms with Gasteiger partial charge >= 0.3 is 6.18 Å². The molecule has 6 nitrogen and oxygen atoms in total. The SMILES string of the molecule is C[C@@H](N=C1NN=CC2(C)C1C=C(C1CCCNC1)C(=O)N2C)c1cccc(C(F)(F)F)c1. The van der Waals surface area contributed by atoms with Gasteiger partial charge in [0.05, 0.1) is 29.3 Å². The lowest BCUT2D eigenvalue weighted by atomic mass is 9.75. The summed E-state index contributed by atoms with van der Waals surface area (Å²) < 4.78 is 39.4. The molecule has 1 saturated heterocycles. The number of benzene rings is 1. The van der Waals surface area contributed by atoms with Crippen molar-refractivity contribution in [3.8, 4) is 0 Å². The minimum absolute atomic E-state index is 0.0175. The predicted octanol–water partition coefficient (Wildman–Crippen LogP) is 3.53. The van der Waals surface area contributed by atoms with Gasteiger partial charge in [0, 0.05) is 25.1 Å². The van der Waals surface area contributed by atoms with Crippen LogP contribution in [0.4, 0.5) is 13.2 Å². The molecule has 1 aromatic rings. The first kappa shape index (κ1) is 22.5. The number of carbonyl (C=O) groups is 1. The number of halogens is 3. The molecule has 1 fully saturated rings. The van der Waals surface area contributed by atoms with Gasteiger partial charge < -0.3 is 10.2 Å². The topological polar surface area (TPSA) is 69.1 Å². The highest BCUT2D eigenvalue weighted by atomic mass is 19.4. The predicted molar refractivity (Wildman–Crippen MR) is 117 cm³/mol. The number of rotatable bonds is 3. The molecule has 1 aromatic carbocycles. The molecule has 0 bridgehead atoms. The van der Waals surface area contributed by atoms with Gasteiger partial charge in [-0.05, 0) is 50.9 Å². The summed E-state index contributed by atoms with van der Waals surface area (Å²) in [4.78, 5) is 19.6. The van der Waals surface area contributed by atoms with E-state index < -0.39 is 23.3 Å². The van der Waals surface area contributed by atoms with Gasteiger partial charge in [0.2, 0.25) is 5.91 Å². The zero-order chi connectivity index (χ0) is 23.1. The Morgan fingerprint density at radius 2 is 2.12 bits per heavy atom. The van der Waals surface area contributed by atoms with Crippen molar-refractivity contribution in [2.75, 3.05) is 20.1 Å². The number of hydrazone groups is 1. The molecule has 0 saturated carbocycles. The van der Waals surface area contributed by atoms with Gasteiger partial charge in [-0.25, -0.2) is 0 Å². The van der Waals surface area contributed by atoms with Crippen molar-refractivity contribution in [1.82, 2.24) is 15.6 Å². The second-order valence-corrected chi connectivity index (χ2v) is 8.92. The molecule has 0 spiro atoms. The quantitative estimate of drug-likeness (QED) is 0.745. The van der Waals surface area contributed by atoms with E-state index >= 15 is 0 Å². The molecular formula is C23H28F3N5O. The molecule has 3 unspecified atom stereocenters. The maximum Gasteiger partial charge on any atom is 0.416 e. The summed E-state index contributed by atoms with van der Waals surface area (Å²) in [5, 5.41) is 7.58. The summed E-state index contributed by atoms with van der Waals surface area (Å²) in [6, 6.07) is 4.70. The Morgan fingerprint density at radius 1 is 1.34 bits per heavy atom. The number of carbonyl (C=O) groups excluding carboxylic acids is 1. The van der Waals surface area contributed by atoms with Crippen LogP contribution >= 0.6 is 0 Å². The zero-order valence-electron chi connectivity index (χ0n) is 18.4. The summed E-state index contributed by atoms with van der Waals surface area (Å²) in [6.07, 6.45) is 1.23. The van der Waals surface area contributed by atoms with Crippen molar-refractivity contribution in [2.45, 2.75) is 44.4 Å². The highest BCUT2D eigenvalue weighted by Gasteiger charge is 2.48. The lowest BCUT2D eigenvalue weighted by Gasteiger charge is -2.47. The molecule has 0 aliphatic carbocycles. The Balaban J connectivity index is 1.70. The fourth-order valence-electron chi connectivity index (χ4n) is 4.66. The Labute approximate surface area is 185 Å². The third-order valence-corrected chi connectivity index (χ3v) is 6.82. The number of hydrogen-bond donors (Lipinski definition) is 2. The monoisotopic (exact) mass is 447 g/mol. The first-order chi connectivity index (χ1) is 15.1. The van der Waals surface area contributed by atoms with Crippen molar-refractivity contribution in [1.29, 1.82) is 0 Å². The standard InChI is InChI=1S/C23H28F3N5O/c1-14(15-6-4-8-17(10-15)23(24,25)26)29-20-19-11-18(16-7-5-9-27-12-16)21(32)31(3)22(19,2)13-28-30-20/h4,6,8,10-11,13-14,16,19,27H,5,7,9,12H2,1-3H3,(H,29,30)/t14-,16?,19?,22?/m1/s1. The molecule has 32 heavy (non-hydrogen) atoms. The van der Waals surface area contributed by atoms with Crippen LogP contribution in [0.1, 0.15) is 43.9 Å². The van der Waals surface area contributed by atoms with Crippen LogP contribution in [0.2, 0.25) is 0 Å². The van der Waals surface area contributed by atoms with Crippen molar-refractivity contribution in [3.05, 3.63) is 47.0 Å². The zero-order valence-corrected chi connectivity index (χ0v) is 18.4. The van der Waals surface area contributed by atoms with E-state index in [9.17, 15) is 18.0 Å². The van der Waals surface area contributed by atoms with E-state index in [-0.39, 0.29) is 17.7 Å². The van der Waals surface area contributed by atoms with E-state index in [4.69, 9.17) is 4.99 Å². The molecule has 0 aromatic heterocycles. The largest absolute Gasteiger partial charge is 0.416 e. The fourth-order valence-corrected chi connectivity index (χ4v) is 4.66. The van der Waals surface area contributed by atoms with Crippen LogP contribution in [0.25, 0.3) is 0 Å². The molecule has 172 valence electrons. The molecule has 4 atom stereocenters. The van der Waals surface area contributed by atoms with Crippen LogP contribution in [-0.2, 0) is 11.0 Å². The highest BCUT2D eigenvalue weighted by molar-refractivity contribution is 6.04. The molecule has 4 rings (SSSR count). The van der Waals surface area contributed by atoms with E-state index in [2.05, 4.69) is 15.8 Å². The van der Waals surface area contributed by atoms with Gasteiger partial charge in [-0.3, -0.25) is 15.2 Å². The van der Waals surface area contributed by atoms with Crippen LogP contribution in [0.3, 0.4) is 0 Å². The summed E-state index contributed by atoms with van der Waals surface area (Å²) in [7, 11) is 1.77. The number of piperidine rings is 1. The number of fused-ring (bicyclic) bond motifs is 1. The number of aliphatic imine (C=N–C) groups is 1. The number of alkyl halides is 3. The fraction of sp³-hybridized carbons (Fsp3) is 0.522. The number of nitrogens with zero attached hydrogens (tertiary/aromatic N) is 3. The van der Waals surface area contributed by atoms with Crippen LogP contribution < -0.4 is 10.7 Å². The highest BCUT2D eigenvalue weighted by Crippen LogP contribution is 2.38. The summed E-state index contributed by atoms with van der Waals surface area (Å²) in [5.74, 6) is 0.383. The molecule has 3 aliphatic heterocycles. The van der Waals surface area contributed by atoms with Crippen molar-refractivity contribution in [2.24, 2.45) is 21.9 Å². The van der Waals surface area contributed by atoms with Gasteiger partial charge in [0.15, 0.2) is 0 Å². The van der Waals surface area contributed by atoms with Crippen LogP contribution in [0.5, 0.6) is 0 Å². The van der Waals surface area contributed by atoms with Gasteiger partial charge in [-0.15, -0.1) is 0 Å². The van der Waals surface area contributed by atoms with E-state index in [1.807, 2.05) is 13.0 Å². The average Bonchev–Trinajstić information content (AvgIpc) is 2.77. The normalized spacial score (nSPS) is 30.6. The van der Waals surface area contributed by atoms with Crippen LogP contribution in [-0.4, -0.2) is 48.5 Å². The first-order valence-electron chi connectivity index (χ1n) is 10.9. The third-order valence-electron chi connectivity index (χ3n) is 6.82. The molecule has 3 aliphatic rings. The summed E-state index contributed by atoms with van der Waals surface area (Å²) >= 11 is 0. The number of amides is 1. The van der Waals surface area contributed by atoms with E-state index in [1.54, 1.807) is 31.2 Å². The minimum atomic E-state index is -4.41. The average molecular weight is 448 g/mol. The Morgan fingerprint density at radius 3 is 2.81 bits per heavy atom. The summed E-state index contributed by atoms with van der Waals surface area (Å²) in [6.45, 7) is 5.39. The lowest BCUT2D eigenvalue weighted by molar-refractivity contribution is -0.137. The number of hydrogen-bond acceptors (Lipinski definition) is 4. The number of nitrogens with one attached hydrogen (secondary N) is 2. The molecule has 0 radical (unpaired) electrons. The van der Waals surface area contributed by atoms with E-state index in [0.29, 0.717) is 11.4 Å². The lowest BCUT2D eigenvalue weighted by Crippen LogP contribution is -2.62. The number of amidine groups is 1. The molecule has 1 amide bonds. The Bertz CT molecular complexity index is 980. The van der Waals surface area contributed by atoms with E-state index in [0.717, 1.165) is 43.6 Å².